The quantitative estimate of drug-likeness (QED) is 0.197. The molecular formula is C47H56N6O6. The van der Waals surface area contributed by atoms with Crippen LogP contribution in [0.5, 0.6) is 0 Å². The van der Waals surface area contributed by atoms with E-state index in [1.807, 2.05) is 45.0 Å². The Morgan fingerprint density at radius 3 is 1.98 bits per heavy atom. The van der Waals surface area contributed by atoms with E-state index in [0.717, 1.165) is 94.1 Å². The van der Waals surface area contributed by atoms with Crippen LogP contribution in [0.15, 0.2) is 83.0 Å². The van der Waals surface area contributed by atoms with Gasteiger partial charge >= 0.3 is 12.2 Å². The van der Waals surface area contributed by atoms with Crippen LogP contribution in [0.1, 0.15) is 90.2 Å². The fourth-order valence-electron chi connectivity index (χ4n) is 9.02. The summed E-state index contributed by atoms with van der Waals surface area (Å²) in [7, 11) is 2.60. The largest absolute Gasteiger partial charge is 0.453 e. The molecule has 0 bridgehead atoms. The van der Waals surface area contributed by atoms with Crippen molar-refractivity contribution in [1.29, 1.82) is 0 Å². The highest BCUT2D eigenvalue weighted by Crippen LogP contribution is 2.39. The fourth-order valence-corrected chi connectivity index (χ4v) is 9.02. The number of ether oxygens (including phenoxy) is 2. The number of allylic oxidation sites excluding steroid dienone is 2. The minimum atomic E-state index is -0.656. The molecule has 1 saturated heterocycles. The smallest absolute Gasteiger partial charge is 0.425 e. The van der Waals surface area contributed by atoms with Gasteiger partial charge in [-0.2, -0.15) is 0 Å². The van der Waals surface area contributed by atoms with E-state index in [0.29, 0.717) is 19.4 Å². The van der Waals surface area contributed by atoms with Gasteiger partial charge in [0.15, 0.2) is 0 Å². The van der Waals surface area contributed by atoms with Crippen LogP contribution in [-0.2, 0) is 19.1 Å². The molecule has 4 atom stereocenters. The van der Waals surface area contributed by atoms with Crippen molar-refractivity contribution in [3.63, 3.8) is 0 Å². The van der Waals surface area contributed by atoms with Crippen molar-refractivity contribution in [1.82, 2.24) is 20.7 Å². The zero-order valence-corrected chi connectivity index (χ0v) is 35.0. The first-order valence-corrected chi connectivity index (χ1v) is 20.9. The minimum Gasteiger partial charge on any atom is -0.453 e. The van der Waals surface area contributed by atoms with E-state index in [-0.39, 0.29) is 41.7 Å². The molecule has 12 heteroatoms. The second-order valence-corrected chi connectivity index (χ2v) is 16.7. The summed E-state index contributed by atoms with van der Waals surface area (Å²) in [6, 6.07) is 20.7. The number of carbonyl (C=O) groups excluding carboxylic acids is 4. The van der Waals surface area contributed by atoms with Crippen LogP contribution in [-0.4, -0.2) is 84.2 Å². The summed E-state index contributed by atoms with van der Waals surface area (Å²) in [4.78, 5) is 62.9. The molecule has 3 heterocycles. The lowest BCUT2D eigenvalue weighted by molar-refractivity contribution is -0.142. The van der Waals surface area contributed by atoms with Crippen molar-refractivity contribution >= 4 is 57.3 Å². The van der Waals surface area contributed by atoms with Crippen molar-refractivity contribution in [2.75, 3.05) is 20.8 Å². The predicted octanol–water partition coefficient (Wildman–Crippen LogP) is 8.56. The molecule has 3 aromatic rings. The number of hydrogen-bond acceptors (Lipinski definition) is 8. The van der Waals surface area contributed by atoms with Crippen LogP contribution >= 0.6 is 0 Å². The summed E-state index contributed by atoms with van der Waals surface area (Å²) >= 11 is 0. The molecule has 2 N–H and O–H groups in total. The molecule has 1 aliphatic carbocycles. The molecule has 3 aromatic carbocycles. The molecule has 12 nitrogen and oxygen atoms in total. The molecule has 0 radical (unpaired) electrons. The van der Waals surface area contributed by atoms with Crippen LogP contribution in [0.3, 0.4) is 0 Å². The molecule has 2 fully saturated rings. The molecule has 59 heavy (non-hydrogen) atoms. The maximum absolute atomic E-state index is 13.8. The molecule has 0 spiro atoms. The number of aliphatic imine (C=N–C) groups is 2. The van der Waals surface area contributed by atoms with Gasteiger partial charge in [0.25, 0.3) is 0 Å². The average Bonchev–Trinajstić information content (AvgIpc) is 4.06. The number of fused-ring (bicyclic) bond motifs is 1. The Kier molecular flexibility index (Phi) is 12.6. The van der Waals surface area contributed by atoms with Crippen LogP contribution in [0, 0.1) is 17.8 Å². The molecule has 1 saturated carbocycles. The van der Waals surface area contributed by atoms with Crippen molar-refractivity contribution in [2.24, 2.45) is 27.7 Å². The SMILES string of the molecule is COC(=O)N[C@H](C(=O)N1CCC[C@H]1C1=NC=C(c2ccc(-c3ccc4cc(C5=CN=C(C6CCCC[C@H]6C(=O)N(NC(=O)OC)C(C)C)C5)ccc4c3)cc2)C1)C(C)C. The van der Waals surface area contributed by atoms with Gasteiger partial charge in [-0.15, -0.1) is 0 Å². The Balaban J connectivity index is 0.974. The summed E-state index contributed by atoms with van der Waals surface area (Å²) in [5.41, 5.74) is 11.4. The minimum absolute atomic E-state index is 0.0221. The lowest BCUT2D eigenvalue weighted by atomic mass is 9.74. The Labute approximate surface area is 346 Å². The van der Waals surface area contributed by atoms with Gasteiger partial charge in [0, 0.05) is 61.1 Å². The highest BCUT2D eigenvalue weighted by Gasteiger charge is 2.40. The number of methoxy groups -OCH3 is 2. The molecular weight excluding hydrogens is 745 g/mol. The molecule has 1 unspecified atom stereocenters. The van der Waals surface area contributed by atoms with Crippen LogP contribution in [0.25, 0.3) is 33.0 Å². The lowest BCUT2D eigenvalue weighted by Gasteiger charge is -2.36. The van der Waals surface area contributed by atoms with Crippen molar-refractivity contribution in [3.05, 3.63) is 84.2 Å². The van der Waals surface area contributed by atoms with E-state index in [1.165, 1.54) is 19.2 Å². The zero-order chi connectivity index (χ0) is 41.8. The van der Waals surface area contributed by atoms with E-state index in [2.05, 4.69) is 71.4 Å². The second-order valence-electron chi connectivity index (χ2n) is 16.7. The number of rotatable bonds is 10. The molecule has 7 rings (SSSR count). The Bertz CT molecular complexity index is 2220. The first-order chi connectivity index (χ1) is 28.4. The lowest BCUT2D eigenvalue weighted by Crippen LogP contribution is -2.54. The highest BCUT2D eigenvalue weighted by molar-refractivity contribution is 6.05. The molecule has 4 amide bonds. The summed E-state index contributed by atoms with van der Waals surface area (Å²) in [5, 5.41) is 6.43. The number of hydrogen-bond donors (Lipinski definition) is 2. The topological polar surface area (TPSA) is 142 Å². The molecule has 4 aliphatic rings. The first kappa shape index (κ1) is 41.4. The van der Waals surface area contributed by atoms with E-state index in [9.17, 15) is 19.2 Å². The van der Waals surface area contributed by atoms with Gasteiger partial charge < -0.3 is 19.7 Å². The second kappa shape index (κ2) is 18.0. The summed E-state index contributed by atoms with van der Waals surface area (Å²) in [6.45, 7) is 8.25. The van der Waals surface area contributed by atoms with Crippen molar-refractivity contribution < 1.29 is 28.7 Å². The summed E-state index contributed by atoms with van der Waals surface area (Å²) in [5.74, 6) is -0.490. The van der Waals surface area contributed by atoms with Gasteiger partial charge in [0.1, 0.15) is 6.04 Å². The monoisotopic (exact) mass is 800 g/mol. The van der Waals surface area contributed by atoms with E-state index in [4.69, 9.17) is 19.5 Å². The Morgan fingerprint density at radius 1 is 0.712 bits per heavy atom. The number of benzene rings is 3. The molecule has 310 valence electrons. The Morgan fingerprint density at radius 2 is 1.31 bits per heavy atom. The number of hydrazine groups is 1. The van der Waals surface area contributed by atoms with Gasteiger partial charge in [-0.3, -0.25) is 19.6 Å². The van der Waals surface area contributed by atoms with Crippen LogP contribution in [0.4, 0.5) is 9.59 Å². The van der Waals surface area contributed by atoms with Gasteiger partial charge in [-0.05, 0) is 102 Å². The number of nitrogens with zero attached hydrogens (tertiary/aromatic N) is 4. The van der Waals surface area contributed by atoms with Crippen molar-refractivity contribution in [2.45, 2.75) is 97.2 Å². The third kappa shape index (κ3) is 8.96. The summed E-state index contributed by atoms with van der Waals surface area (Å²) < 4.78 is 9.56. The van der Waals surface area contributed by atoms with E-state index in [1.54, 1.807) is 0 Å². The summed E-state index contributed by atoms with van der Waals surface area (Å²) in [6.07, 6.45) is 9.43. The predicted molar refractivity (Wildman–Crippen MR) is 231 cm³/mol. The standard InChI is InChI=1S/C47H56N6O6/c1-28(2)43(50-46(56)58-5)45(55)52-21-9-12-42(52)41-25-36(26-49-41)31-15-13-30(14-16-31)32-17-18-34-23-35(20-19-33(34)22-32)37-24-40(48-27-37)38-10-7-8-11-39(38)44(54)53(29(3)4)51-47(57)59-6/h13-20,22-23,26-29,38-39,42-43H,7-12,21,24-25H2,1-6H3,(H,50,56)(H,51,57)/t38?,39-,42+,43+/m1/s1. The normalized spacial score (nSPS) is 20.8. The number of alkyl carbamates (subject to hydrolysis) is 1. The molecule has 0 aromatic heterocycles. The zero-order valence-electron chi connectivity index (χ0n) is 35.0. The Hall–Kier alpha value is -5.78. The third-order valence-electron chi connectivity index (χ3n) is 12.3. The first-order valence-electron chi connectivity index (χ1n) is 20.9. The van der Waals surface area contributed by atoms with Crippen LogP contribution in [0.2, 0.25) is 0 Å². The van der Waals surface area contributed by atoms with Gasteiger partial charge in [0.05, 0.1) is 20.3 Å². The van der Waals surface area contributed by atoms with Gasteiger partial charge in [-0.25, -0.2) is 20.0 Å². The third-order valence-corrected chi connectivity index (χ3v) is 12.3. The number of nitrogens with one attached hydrogen (secondary N) is 2. The molecule has 3 aliphatic heterocycles. The van der Waals surface area contributed by atoms with Gasteiger partial charge in [0.2, 0.25) is 11.8 Å². The number of amides is 4. The number of carbonyl (C=O) groups is 4. The average molecular weight is 801 g/mol. The highest BCUT2D eigenvalue weighted by atomic mass is 16.5. The maximum Gasteiger partial charge on any atom is 0.425 e. The van der Waals surface area contributed by atoms with Crippen molar-refractivity contribution in [3.8, 4) is 11.1 Å². The van der Waals surface area contributed by atoms with E-state index < -0.39 is 18.2 Å². The fraction of sp³-hybridized carbons (Fsp3) is 0.447. The van der Waals surface area contributed by atoms with E-state index >= 15 is 0 Å². The number of likely N-dealkylation sites (tertiary alicyclic amines) is 1. The van der Waals surface area contributed by atoms with Crippen LogP contribution < -0.4 is 10.7 Å². The van der Waals surface area contributed by atoms with Gasteiger partial charge in [-0.1, -0.05) is 75.2 Å². The maximum atomic E-state index is 13.8.